The Balaban J connectivity index is 2.09. The molecule has 108 valence electrons. The highest BCUT2D eigenvalue weighted by Crippen LogP contribution is 2.34. The quantitative estimate of drug-likeness (QED) is 0.843. The van der Waals surface area contributed by atoms with Crippen LogP contribution in [0.1, 0.15) is 11.1 Å². The Bertz CT molecular complexity index is 537. The van der Waals surface area contributed by atoms with Crippen molar-refractivity contribution in [3.63, 3.8) is 0 Å². The van der Waals surface area contributed by atoms with Crippen LogP contribution in [-0.4, -0.2) is 21.3 Å². The van der Waals surface area contributed by atoms with E-state index in [1.54, 1.807) is 33.9 Å². The molecule has 0 amide bonds. The fourth-order valence-electron chi connectivity index (χ4n) is 1.97. The van der Waals surface area contributed by atoms with E-state index in [-0.39, 0.29) is 0 Å². The number of furan rings is 1. The molecule has 1 N–H and O–H groups in total. The zero-order valence-electron chi connectivity index (χ0n) is 11.9. The van der Waals surface area contributed by atoms with Crippen LogP contribution in [-0.2, 0) is 13.1 Å². The average molecular weight is 277 g/mol. The van der Waals surface area contributed by atoms with Crippen molar-refractivity contribution in [1.29, 1.82) is 0 Å². The van der Waals surface area contributed by atoms with E-state index in [0.717, 1.165) is 23.4 Å². The van der Waals surface area contributed by atoms with Gasteiger partial charge in [-0.3, -0.25) is 0 Å². The Labute approximate surface area is 118 Å². The van der Waals surface area contributed by atoms with Crippen LogP contribution in [0.25, 0.3) is 0 Å². The third-order valence-corrected chi connectivity index (χ3v) is 3.01. The van der Waals surface area contributed by atoms with Gasteiger partial charge in [0.15, 0.2) is 11.5 Å². The summed E-state index contributed by atoms with van der Waals surface area (Å²) in [5, 5.41) is 3.33. The van der Waals surface area contributed by atoms with Crippen molar-refractivity contribution in [2.24, 2.45) is 0 Å². The van der Waals surface area contributed by atoms with E-state index >= 15 is 0 Å². The molecule has 0 spiro atoms. The molecule has 1 aromatic heterocycles. The predicted molar refractivity (Wildman–Crippen MR) is 75.3 cm³/mol. The summed E-state index contributed by atoms with van der Waals surface area (Å²) in [7, 11) is 4.86. The van der Waals surface area contributed by atoms with Crippen LogP contribution < -0.4 is 19.5 Å². The lowest BCUT2D eigenvalue weighted by Crippen LogP contribution is -2.13. The Hall–Kier alpha value is -2.14. The van der Waals surface area contributed by atoms with Crippen molar-refractivity contribution in [2.45, 2.75) is 13.1 Å². The van der Waals surface area contributed by atoms with E-state index in [1.807, 2.05) is 18.2 Å². The standard InChI is InChI=1S/C15H19NO4/c1-17-13-7-15(19-3)14(18-2)6-12(13)9-16-8-11-4-5-20-10-11/h4-7,10,16H,8-9H2,1-3H3. The van der Waals surface area contributed by atoms with E-state index in [9.17, 15) is 0 Å². The van der Waals surface area contributed by atoms with Gasteiger partial charge in [-0.1, -0.05) is 0 Å². The Morgan fingerprint density at radius 2 is 1.65 bits per heavy atom. The molecule has 0 aliphatic carbocycles. The van der Waals surface area contributed by atoms with E-state index < -0.39 is 0 Å². The second-order valence-electron chi connectivity index (χ2n) is 4.25. The number of hydrogen-bond acceptors (Lipinski definition) is 5. The maximum Gasteiger partial charge on any atom is 0.164 e. The fourth-order valence-corrected chi connectivity index (χ4v) is 1.97. The van der Waals surface area contributed by atoms with Crippen LogP contribution in [0.3, 0.4) is 0 Å². The van der Waals surface area contributed by atoms with Gasteiger partial charge in [0, 0.05) is 30.3 Å². The number of rotatable bonds is 7. The highest BCUT2D eigenvalue weighted by atomic mass is 16.5. The predicted octanol–water partition coefficient (Wildman–Crippen LogP) is 2.60. The van der Waals surface area contributed by atoms with Crippen LogP contribution >= 0.6 is 0 Å². The highest BCUT2D eigenvalue weighted by molar-refractivity contribution is 5.50. The summed E-state index contributed by atoms with van der Waals surface area (Å²) < 4.78 is 21.0. The molecule has 0 saturated carbocycles. The van der Waals surface area contributed by atoms with Crippen LogP contribution in [0.15, 0.2) is 35.1 Å². The van der Waals surface area contributed by atoms with Gasteiger partial charge in [0.05, 0.1) is 33.9 Å². The molecule has 1 heterocycles. The van der Waals surface area contributed by atoms with Gasteiger partial charge in [0.2, 0.25) is 0 Å². The van der Waals surface area contributed by atoms with Crippen molar-refractivity contribution in [1.82, 2.24) is 5.32 Å². The molecular weight excluding hydrogens is 258 g/mol. The molecule has 0 aliphatic rings. The molecule has 0 saturated heterocycles. The maximum atomic E-state index is 5.38. The highest BCUT2D eigenvalue weighted by Gasteiger charge is 2.11. The van der Waals surface area contributed by atoms with Crippen molar-refractivity contribution >= 4 is 0 Å². The summed E-state index contributed by atoms with van der Waals surface area (Å²) in [6, 6.07) is 5.67. The van der Waals surface area contributed by atoms with Crippen LogP contribution in [0.5, 0.6) is 17.2 Å². The van der Waals surface area contributed by atoms with E-state index in [0.29, 0.717) is 18.0 Å². The summed E-state index contributed by atoms with van der Waals surface area (Å²) in [5.41, 5.74) is 2.11. The van der Waals surface area contributed by atoms with E-state index in [2.05, 4.69) is 5.32 Å². The van der Waals surface area contributed by atoms with Gasteiger partial charge >= 0.3 is 0 Å². The summed E-state index contributed by atoms with van der Waals surface area (Å²) >= 11 is 0. The number of hydrogen-bond donors (Lipinski definition) is 1. The monoisotopic (exact) mass is 277 g/mol. The number of ether oxygens (including phenoxy) is 3. The summed E-state index contributed by atoms with van der Waals surface area (Å²) in [4.78, 5) is 0. The van der Waals surface area contributed by atoms with Crippen molar-refractivity contribution in [3.8, 4) is 17.2 Å². The second-order valence-corrected chi connectivity index (χ2v) is 4.25. The molecular formula is C15H19NO4. The summed E-state index contributed by atoms with van der Waals surface area (Å²) in [5.74, 6) is 2.11. The minimum Gasteiger partial charge on any atom is -0.496 e. The molecule has 0 radical (unpaired) electrons. The maximum absolute atomic E-state index is 5.38. The van der Waals surface area contributed by atoms with Gasteiger partial charge in [-0.15, -0.1) is 0 Å². The molecule has 0 atom stereocenters. The SMILES string of the molecule is COc1cc(OC)c(OC)cc1CNCc1ccoc1. The molecule has 0 bridgehead atoms. The molecule has 1 aromatic carbocycles. The van der Waals surface area contributed by atoms with Crippen molar-refractivity contribution in [2.75, 3.05) is 21.3 Å². The Morgan fingerprint density at radius 3 is 2.25 bits per heavy atom. The Morgan fingerprint density at radius 1 is 0.950 bits per heavy atom. The lowest BCUT2D eigenvalue weighted by Gasteiger charge is -2.14. The zero-order chi connectivity index (χ0) is 14.4. The zero-order valence-corrected chi connectivity index (χ0v) is 11.9. The summed E-state index contributed by atoms with van der Waals surface area (Å²) in [6.07, 6.45) is 3.38. The van der Waals surface area contributed by atoms with Crippen molar-refractivity contribution < 1.29 is 18.6 Å². The van der Waals surface area contributed by atoms with Gasteiger partial charge in [-0.25, -0.2) is 0 Å². The fraction of sp³-hybridized carbons (Fsp3) is 0.333. The van der Waals surface area contributed by atoms with Gasteiger partial charge in [-0.05, 0) is 12.1 Å². The van der Waals surface area contributed by atoms with E-state index in [4.69, 9.17) is 18.6 Å². The molecule has 0 aliphatic heterocycles. The van der Waals surface area contributed by atoms with E-state index in [1.165, 1.54) is 0 Å². The molecule has 0 fully saturated rings. The molecule has 2 aromatic rings. The summed E-state index contributed by atoms with van der Waals surface area (Å²) in [6.45, 7) is 1.39. The van der Waals surface area contributed by atoms with Crippen molar-refractivity contribution in [3.05, 3.63) is 41.9 Å². The second kappa shape index (κ2) is 6.86. The molecule has 20 heavy (non-hydrogen) atoms. The first-order valence-corrected chi connectivity index (χ1v) is 6.29. The van der Waals surface area contributed by atoms with Gasteiger partial charge < -0.3 is 23.9 Å². The van der Waals surface area contributed by atoms with Gasteiger partial charge in [0.25, 0.3) is 0 Å². The first kappa shape index (κ1) is 14.3. The lowest BCUT2D eigenvalue weighted by atomic mass is 10.1. The first-order valence-electron chi connectivity index (χ1n) is 6.29. The van der Waals surface area contributed by atoms with Gasteiger partial charge in [0.1, 0.15) is 5.75 Å². The Kier molecular flexibility index (Phi) is 4.90. The molecule has 2 rings (SSSR count). The van der Waals surface area contributed by atoms with Crippen LogP contribution in [0, 0.1) is 0 Å². The average Bonchev–Trinajstić information content (AvgIpc) is 2.99. The largest absolute Gasteiger partial charge is 0.496 e. The number of methoxy groups -OCH3 is 3. The molecule has 5 heteroatoms. The van der Waals surface area contributed by atoms with Gasteiger partial charge in [-0.2, -0.15) is 0 Å². The minimum absolute atomic E-state index is 0.655. The van der Waals surface area contributed by atoms with Crippen LogP contribution in [0.2, 0.25) is 0 Å². The molecule has 5 nitrogen and oxygen atoms in total. The smallest absolute Gasteiger partial charge is 0.164 e. The van der Waals surface area contributed by atoms with Crippen LogP contribution in [0.4, 0.5) is 0 Å². The minimum atomic E-state index is 0.655. The topological polar surface area (TPSA) is 52.9 Å². The first-order chi connectivity index (χ1) is 9.78. The third-order valence-electron chi connectivity index (χ3n) is 3.01. The normalized spacial score (nSPS) is 10.3. The number of benzene rings is 1. The molecule has 0 unspecified atom stereocenters. The third kappa shape index (κ3) is 3.24. The lowest BCUT2D eigenvalue weighted by molar-refractivity contribution is 0.347. The number of nitrogens with one attached hydrogen (secondary N) is 1.